The van der Waals surface area contributed by atoms with Crippen molar-refractivity contribution in [3.8, 4) is 5.75 Å². The molecule has 20 heavy (non-hydrogen) atoms. The molecule has 0 aromatic heterocycles. The zero-order valence-corrected chi connectivity index (χ0v) is 14.7. The largest absolute Gasteiger partial charge is 0.494 e. The summed E-state index contributed by atoms with van der Waals surface area (Å²) in [5, 5.41) is 3.36. The van der Waals surface area contributed by atoms with E-state index in [1.54, 1.807) is 0 Å². The predicted octanol–water partition coefficient (Wildman–Crippen LogP) is 4.92. The molecule has 2 rings (SSSR count). The third-order valence-corrected chi connectivity index (χ3v) is 4.27. The lowest BCUT2D eigenvalue weighted by atomic mass is 9.99. The van der Waals surface area contributed by atoms with Crippen molar-refractivity contribution in [2.24, 2.45) is 0 Å². The Bertz CT molecular complexity index is 569. The Kier molecular flexibility index (Phi) is 5.64. The highest BCUT2D eigenvalue weighted by molar-refractivity contribution is 9.11. The van der Waals surface area contributed by atoms with Gasteiger partial charge in [0, 0.05) is 8.95 Å². The van der Waals surface area contributed by atoms with Gasteiger partial charge in [0.05, 0.1) is 12.6 Å². The normalized spacial score (nSPS) is 12.2. The quantitative estimate of drug-likeness (QED) is 0.771. The lowest BCUT2D eigenvalue weighted by Crippen LogP contribution is -2.18. The fraction of sp³-hybridized carbons (Fsp3) is 0.250. The van der Waals surface area contributed by atoms with Crippen LogP contribution in [-0.2, 0) is 0 Å². The molecular formula is C16H17Br2NO. The first-order valence-electron chi connectivity index (χ1n) is 6.50. The maximum atomic E-state index is 5.48. The van der Waals surface area contributed by atoms with Crippen LogP contribution in [-0.4, -0.2) is 13.7 Å². The van der Waals surface area contributed by atoms with Gasteiger partial charge >= 0.3 is 0 Å². The van der Waals surface area contributed by atoms with Crippen molar-refractivity contribution in [1.29, 1.82) is 0 Å². The highest BCUT2D eigenvalue weighted by Gasteiger charge is 2.15. The molecule has 0 spiro atoms. The van der Waals surface area contributed by atoms with Crippen LogP contribution in [0, 0.1) is 0 Å². The summed E-state index contributed by atoms with van der Waals surface area (Å²) in [5.41, 5.74) is 2.42. The Morgan fingerprint density at radius 3 is 2.35 bits per heavy atom. The van der Waals surface area contributed by atoms with E-state index in [2.05, 4.69) is 67.5 Å². The summed E-state index contributed by atoms with van der Waals surface area (Å²) in [6, 6.07) is 14.6. The minimum atomic E-state index is 0.146. The smallest absolute Gasteiger partial charge is 0.119 e. The van der Waals surface area contributed by atoms with Gasteiger partial charge < -0.3 is 10.1 Å². The third kappa shape index (κ3) is 3.62. The van der Waals surface area contributed by atoms with E-state index in [-0.39, 0.29) is 6.04 Å². The summed E-state index contributed by atoms with van der Waals surface area (Å²) >= 11 is 7.11. The minimum absolute atomic E-state index is 0.146. The standard InChI is InChI=1S/C16H17Br2NO/c1-3-20-13-7-4-11(5-8-13)16(19-2)14-9-6-12(17)10-15(14)18/h4-10,16,19H,3H2,1-2H3. The summed E-state index contributed by atoms with van der Waals surface area (Å²) in [6.07, 6.45) is 0. The number of rotatable bonds is 5. The molecule has 106 valence electrons. The number of hydrogen-bond acceptors (Lipinski definition) is 2. The first-order chi connectivity index (χ1) is 9.65. The van der Waals surface area contributed by atoms with E-state index in [4.69, 9.17) is 4.74 Å². The average Bonchev–Trinajstić information content (AvgIpc) is 2.44. The molecule has 1 atom stereocenters. The Morgan fingerprint density at radius 2 is 1.80 bits per heavy atom. The number of hydrogen-bond donors (Lipinski definition) is 1. The van der Waals surface area contributed by atoms with Gasteiger partial charge in [0.15, 0.2) is 0 Å². The Balaban J connectivity index is 2.31. The van der Waals surface area contributed by atoms with E-state index in [9.17, 15) is 0 Å². The molecule has 0 saturated carbocycles. The van der Waals surface area contributed by atoms with Crippen LogP contribution in [0.1, 0.15) is 24.1 Å². The average molecular weight is 399 g/mol. The van der Waals surface area contributed by atoms with E-state index in [0.717, 1.165) is 14.7 Å². The summed E-state index contributed by atoms with van der Waals surface area (Å²) in [7, 11) is 1.97. The molecule has 4 heteroatoms. The molecule has 0 fully saturated rings. The van der Waals surface area contributed by atoms with Crippen molar-refractivity contribution in [2.75, 3.05) is 13.7 Å². The Morgan fingerprint density at radius 1 is 1.10 bits per heavy atom. The molecule has 1 unspecified atom stereocenters. The first-order valence-corrected chi connectivity index (χ1v) is 8.09. The van der Waals surface area contributed by atoms with Gasteiger partial charge in [-0.3, -0.25) is 0 Å². The van der Waals surface area contributed by atoms with E-state index in [0.29, 0.717) is 6.61 Å². The number of benzene rings is 2. The van der Waals surface area contributed by atoms with Crippen LogP contribution in [0.5, 0.6) is 5.75 Å². The van der Waals surface area contributed by atoms with Crippen LogP contribution in [0.4, 0.5) is 0 Å². The van der Waals surface area contributed by atoms with Crippen LogP contribution in [0.2, 0.25) is 0 Å². The van der Waals surface area contributed by atoms with E-state index >= 15 is 0 Å². The predicted molar refractivity (Wildman–Crippen MR) is 90.4 cm³/mol. The number of halogens is 2. The maximum absolute atomic E-state index is 5.48. The molecule has 0 bridgehead atoms. The lowest BCUT2D eigenvalue weighted by Gasteiger charge is -2.19. The summed E-state index contributed by atoms with van der Waals surface area (Å²) in [6.45, 7) is 2.68. The third-order valence-electron chi connectivity index (χ3n) is 3.09. The summed E-state index contributed by atoms with van der Waals surface area (Å²) < 4.78 is 7.63. The van der Waals surface area contributed by atoms with Crippen molar-refractivity contribution >= 4 is 31.9 Å². The Hall–Kier alpha value is -0.840. The molecule has 0 saturated heterocycles. The van der Waals surface area contributed by atoms with Crippen LogP contribution in [0.3, 0.4) is 0 Å². The molecule has 2 nitrogen and oxygen atoms in total. The second-order valence-corrected chi connectivity index (χ2v) is 6.16. The van der Waals surface area contributed by atoms with Crippen molar-refractivity contribution in [3.63, 3.8) is 0 Å². The van der Waals surface area contributed by atoms with Gasteiger partial charge in [0.25, 0.3) is 0 Å². The van der Waals surface area contributed by atoms with Crippen LogP contribution in [0.25, 0.3) is 0 Å². The topological polar surface area (TPSA) is 21.3 Å². The zero-order chi connectivity index (χ0) is 14.5. The van der Waals surface area contributed by atoms with Crippen molar-refractivity contribution in [1.82, 2.24) is 5.32 Å². The molecule has 0 heterocycles. The minimum Gasteiger partial charge on any atom is -0.494 e. The fourth-order valence-corrected chi connectivity index (χ4v) is 3.44. The van der Waals surface area contributed by atoms with Crippen LogP contribution < -0.4 is 10.1 Å². The zero-order valence-electron chi connectivity index (χ0n) is 11.5. The van der Waals surface area contributed by atoms with Gasteiger partial charge in [-0.2, -0.15) is 0 Å². The second-order valence-electron chi connectivity index (χ2n) is 4.39. The maximum Gasteiger partial charge on any atom is 0.119 e. The molecule has 0 aliphatic carbocycles. The second kappa shape index (κ2) is 7.25. The molecule has 0 aliphatic heterocycles. The van der Waals surface area contributed by atoms with Gasteiger partial charge in [0.2, 0.25) is 0 Å². The van der Waals surface area contributed by atoms with Gasteiger partial charge in [-0.25, -0.2) is 0 Å². The highest BCUT2D eigenvalue weighted by Crippen LogP contribution is 2.31. The van der Waals surface area contributed by atoms with Crippen molar-refractivity contribution in [3.05, 3.63) is 62.5 Å². The molecule has 1 N–H and O–H groups in total. The van der Waals surface area contributed by atoms with E-state index < -0.39 is 0 Å². The molecule has 2 aromatic rings. The van der Waals surface area contributed by atoms with Gasteiger partial charge in [-0.15, -0.1) is 0 Å². The summed E-state index contributed by atoms with van der Waals surface area (Å²) in [5.74, 6) is 0.904. The molecule has 0 radical (unpaired) electrons. The number of nitrogens with one attached hydrogen (secondary N) is 1. The van der Waals surface area contributed by atoms with Crippen molar-refractivity contribution < 1.29 is 4.74 Å². The lowest BCUT2D eigenvalue weighted by molar-refractivity contribution is 0.340. The van der Waals surface area contributed by atoms with Crippen LogP contribution >= 0.6 is 31.9 Å². The van der Waals surface area contributed by atoms with E-state index in [1.807, 2.05) is 26.1 Å². The van der Waals surface area contributed by atoms with E-state index in [1.165, 1.54) is 11.1 Å². The van der Waals surface area contributed by atoms with Gasteiger partial charge in [-0.05, 0) is 49.4 Å². The monoisotopic (exact) mass is 397 g/mol. The molecule has 0 amide bonds. The Labute approximate surface area is 136 Å². The van der Waals surface area contributed by atoms with Gasteiger partial charge in [0.1, 0.15) is 5.75 Å². The highest BCUT2D eigenvalue weighted by atomic mass is 79.9. The number of ether oxygens (including phenoxy) is 1. The SMILES string of the molecule is CCOc1ccc(C(NC)c2ccc(Br)cc2Br)cc1. The molecule has 2 aromatic carbocycles. The van der Waals surface area contributed by atoms with Gasteiger partial charge in [-0.1, -0.05) is 50.1 Å². The summed E-state index contributed by atoms with van der Waals surface area (Å²) in [4.78, 5) is 0. The van der Waals surface area contributed by atoms with Crippen molar-refractivity contribution in [2.45, 2.75) is 13.0 Å². The molecular weight excluding hydrogens is 382 g/mol. The molecule has 0 aliphatic rings. The van der Waals surface area contributed by atoms with Crippen LogP contribution in [0.15, 0.2) is 51.4 Å². The fourth-order valence-electron chi connectivity index (χ4n) is 2.16. The first kappa shape index (κ1) is 15.5.